The molecule has 0 unspecified atom stereocenters. The van der Waals surface area contributed by atoms with E-state index in [1.54, 1.807) is 0 Å². The van der Waals surface area contributed by atoms with Crippen LogP contribution in [0, 0.1) is 0 Å². The molecule has 0 nitrogen and oxygen atoms in total. The first kappa shape index (κ1) is 11.9. The third-order valence-corrected chi connectivity index (χ3v) is 4.52. The SMILES string of the molecule is b1c2cc3ccccc3cc2cc2cc3ccccc3cc12. The van der Waals surface area contributed by atoms with Crippen LogP contribution in [0.4, 0.5) is 0 Å². The predicted molar refractivity (Wildman–Crippen MR) is 97.8 cm³/mol. The third kappa shape index (κ3) is 1.76. The summed E-state index contributed by atoms with van der Waals surface area (Å²) in [7, 11) is 0. The first-order chi connectivity index (χ1) is 10.9. The number of hydrogen-bond acceptors (Lipinski definition) is 0. The number of benzene rings is 4. The molecule has 0 aliphatic heterocycles. The van der Waals surface area contributed by atoms with Gasteiger partial charge < -0.3 is 0 Å². The van der Waals surface area contributed by atoms with Crippen LogP contribution < -0.4 is 0 Å². The summed E-state index contributed by atoms with van der Waals surface area (Å²) in [6, 6.07) is 28.6. The van der Waals surface area contributed by atoms with Gasteiger partial charge in [0.1, 0.15) is 0 Å². The fourth-order valence-corrected chi connectivity index (χ4v) is 3.39. The molecule has 0 aliphatic rings. The summed E-state index contributed by atoms with van der Waals surface area (Å²) in [5.41, 5.74) is 0. The molecule has 0 saturated carbocycles. The van der Waals surface area contributed by atoms with Gasteiger partial charge in [0.15, 0.2) is 0 Å². The van der Waals surface area contributed by atoms with Crippen molar-refractivity contribution in [1.29, 1.82) is 0 Å². The molecule has 4 aromatic carbocycles. The van der Waals surface area contributed by atoms with Crippen molar-refractivity contribution in [3.63, 3.8) is 0 Å². The van der Waals surface area contributed by atoms with Crippen molar-refractivity contribution < 1.29 is 0 Å². The number of hydrogen-bond donors (Lipinski definition) is 0. The second-order valence-corrected chi connectivity index (χ2v) is 5.95. The van der Waals surface area contributed by atoms with Crippen molar-refractivity contribution in [3.8, 4) is 0 Å². The van der Waals surface area contributed by atoms with Crippen LogP contribution in [0.2, 0.25) is 0 Å². The number of rotatable bonds is 0. The Morgan fingerprint density at radius 3 is 1.23 bits per heavy atom. The zero-order chi connectivity index (χ0) is 14.5. The summed E-state index contributed by atoms with van der Waals surface area (Å²) < 4.78 is 0. The number of fused-ring (bicyclic) bond motifs is 4. The van der Waals surface area contributed by atoms with E-state index in [0.29, 0.717) is 0 Å². The second kappa shape index (κ2) is 4.41. The summed E-state index contributed by atoms with van der Waals surface area (Å²) in [5.74, 6) is 0. The van der Waals surface area contributed by atoms with Gasteiger partial charge in [0.25, 0.3) is 0 Å². The fourth-order valence-electron chi connectivity index (χ4n) is 3.39. The van der Waals surface area contributed by atoms with Gasteiger partial charge in [-0.15, -0.1) is 0 Å². The topological polar surface area (TPSA) is 0 Å². The molecule has 0 atom stereocenters. The molecule has 1 heterocycles. The van der Waals surface area contributed by atoms with Gasteiger partial charge in [-0.25, -0.2) is 0 Å². The standard InChI is InChI=1S/C21H13B/c1-3-7-16-12-20-18(9-14(16)5-1)11-19-10-15-6-2-4-8-17(15)13-21(19)22-20/h1-13H. The zero-order valence-corrected chi connectivity index (χ0v) is 12.1. The molecule has 0 amide bonds. The maximum atomic E-state index is 2.31. The zero-order valence-electron chi connectivity index (χ0n) is 12.1. The molecule has 0 fully saturated rings. The van der Waals surface area contributed by atoms with E-state index in [2.05, 4.69) is 85.8 Å². The van der Waals surface area contributed by atoms with Crippen LogP contribution in [-0.2, 0) is 0 Å². The average Bonchev–Trinajstić information content (AvgIpc) is 2.56. The van der Waals surface area contributed by atoms with Crippen LogP contribution in [0.3, 0.4) is 0 Å². The van der Waals surface area contributed by atoms with E-state index < -0.39 is 0 Å². The summed E-state index contributed by atoms with van der Waals surface area (Å²) >= 11 is 0. The van der Waals surface area contributed by atoms with Crippen LogP contribution in [0.5, 0.6) is 0 Å². The van der Waals surface area contributed by atoms with Crippen LogP contribution in [0.15, 0.2) is 78.9 Å². The van der Waals surface area contributed by atoms with Gasteiger partial charge in [0.05, 0.1) is 0 Å². The van der Waals surface area contributed by atoms with E-state index >= 15 is 0 Å². The van der Waals surface area contributed by atoms with E-state index in [9.17, 15) is 0 Å². The summed E-state index contributed by atoms with van der Waals surface area (Å²) in [5, 5.41) is 10.4. The third-order valence-electron chi connectivity index (χ3n) is 4.52. The van der Waals surface area contributed by atoms with Crippen LogP contribution in [0.25, 0.3) is 42.9 Å². The van der Waals surface area contributed by atoms with Gasteiger partial charge >= 0.3 is 129 Å². The molecule has 0 N–H and O–H groups in total. The quantitative estimate of drug-likeness (QED) is 0.321. The van der Waals surface area contributed by atoms with Crippen molar-refractivity contribution in [3.05, 3.63) is 78.9 Å². The summed E-state index contributed by atoms with van der Waals surface area (Å²) in [6.07, 6.45) is 0. The summed E-state index contributed by atoms with van der Waals surface area (Å²) in [4.78, 5) is 0. The van der Waals surface area contributed by atoms with Crippen LogP contribution in [-0.4, -0.2) is 6.91 Å². The molecule has 22 heavy (non-hydrogen) atoms. The fraction of sp³-hybridized carbons (Fsp3) is 0. The Labute approximate surface area is 129 Å². The first-order valence-electron chi connectivity index (χ1n) is 7.62. The Hall–Kier alpha value is -2.67. The molecule has 0 radical (unpaired) electrons. The van der Waals surface area contributed by atoms with Crippen molar-refractivity contribution in [2.45, 2.75) is 0 Å². The maximum absolute atomic E-state index is 2.31. The van der Waals surface area contributed by atoms with Crippen molar-refractivity contribution in [2.24, 2.45) is 0 Å². The molecule has 5 rings (SSSR count). The summed E-state index contributed by atoms with van der Waals surface area (Å²) in [6.45, 7) is 2.31. The van der Waals surface area contributed by atoms with Gasteiger partial charge in [-0.05, 0) is 0 Å². The van der Waals surface area contributed by atoms with E-state index in [-0.39, 0.29) is 0 Å². The van der Waals surface area contributed by atoms with Crippen molar-refractivity contribution >= 4 is 49.8 Å². The van der Waals surface area contributed by atoms with Gasteiger partial charge in [-0.2, -0.15) is 0 Å². The molecule has 0 bridgehead atoms. The monoisotopic (exact) mass is 276 g/mol. The van der Waals surface area contributed by atoms with Crippen molar-refractivity contribution in [2.75, 3.05) is 0 Å². The normalized spacial score (nSPS) is 11.5. The van der Waals surface area contributed by atoms with E-state index in [4.69, 9.17) is 0 Å². The van der Waals surface area contributed by atoms with Gasteiger partial charge in [0.2, 0.25) is 0 Å². The molecule has 0 saturated heterocycles. The molecule has 100 valence electrons. The molecule has 0 spiro atoms. The molecular formula is C21H13B. The molecule has 5 aromatic rings. The molecule has 1 heteroatoms. The minimum absolute atomic E-state index is 1.30. The van der Waals surface area contributed by atoms with Gasteiger partial charge in [-0.3, -0.25) is 0 Å². The minimum atomic E-state index is 1.30. The first-order valence-corrected chi connectivity index (χ1v) is 7.62. The molecular weight excluding hydrogens is 263 g/mol. The predicted octanol–water partition coefficient (Wildman–Crippen LogP) is 5.64. The van der Waals surface area contributed by atoms with Crippen LogP contribution >= 0.6 is 0 Å². The van der Waals surface area contributed by atoms with Crippen LogP contribution in [0.1, 0.15) is 0 Å². The second-order valence-electron chi connectivity index (χ2n) is 5.95. The average molecular weight is 276 g/mol. The Bertz CT molecular complexity index is 988. The van der Waals surface area contributed by atoms with Crippen molar-refractivity contribution in [1.82, 2.24) is 0 Å². The Balaban J connectivity index is 1.93. The Morgan fingerprint density at radius 2 is 0.773 bits per heavy atom. The van der Waals surface area contributed by atoms with Gasteiger partial charge in [0, 0.05) is 0 Å². The Kier molecular flexibility index (Phi) is 2.39. The van der Waals surface area contributed by atoms with E-state index in [0.717, 1.165) is 0 Å². The molecule has 0 aliphatic carbocycles. The Morgan fingerprint density at radius 1 is 0.409 bits per heavy atom. The van der Waals surface area contributed by atoms with E-state index in [1.165, 1.54) is 42.9 Å². The molecule has 1 aromatic heterocycles. The van der Waals surface area contributed by atoms with E-state index in [1.807, 2.05) is 0 Å². The van der Waals surface area contributed by atoms with Gasteiger partial charge in [-0.1, -0.05) is 0 Å².